The highest BCUT2D eigenvalue weighted by Gasteiger charge is 2.33. The summed E-state index contributed by atoms with van der Waals surface area (Å²) < 4.78 is 0. The number of amides is 1. The highest BCUT2D eigenvalue weighted by molar-refractivity contribution is 5.77. The Morgan fingerprint density at radius 1 is 1.35 bits per heavy atom. The summed E-state index contributed by atoms with van der Waals surface area (Å²) in [5.74, 6) is 0.562. The van der Waals surface area contributed by atoms with Crippen LogP contribution in [0.25, 0.3) is 0 Å². The topological polar surface area (TPSA) is 49.6 Å². The fraction of sp³-hybridized carbons (Fsp3) is 0.923. The molecule has 1 rings (SSSR count). The molecule has 1 heterocycles. The number of nitrogens with two attached hydrogens (primary N) is 1. The summed E-state index contributed by atoms with van der Waals surface area (Å²) in [6.45, 7) is 11.0. The van der Waals surface area contributed by atoms with Gasteiger partial charge in [-0.15, -0.1) is 0 Å². The van der Waals surface area contributed by atoms with Gasteiger partial charge in [-0.3, -0.25) is 9.69 Å². The van der Waals surface area contributed by atoms with Gasteiger partial charge < -0.3 is 10.6 Å². The number of hydrogen-bond donors (Lipinski definition) is 1. The molecular formula is C13H27N3O. The molecule has 17 heavy (non-hydrogen) atoms. The Labute approximate surface area is 105 Å². The molecule has 0 bridgehead atoms. The number of hydrogen-bond acceptors (Lipinski definition) is 3. The Bertz CT molecular complexity index is 276. The van der Waals surface area contributed by atoms with Gasteiger partial charge >= 0.3 is 0 Å². The van der Waals surface area contributed by atoms with E-state index in [1.165, 1.54) is 0 Å². The van der Waals surface area contributed by atoms with Crippen molar-refractivity contribution in [3.05, 3.63) is 0 Å². The number of rotatable bonds is 3. The van der Waals surface area contributed by atoms with E-state index in [4.69, 9.17) is 5.73 Å². The maximum absolute atomic E-state index is 12.1. The lowest BCUT2D eigenvalue weighted by molar-refractivity contribution is -0.136. The first-order chi connectivity index (χ1) is 7.74. The third-order valence-electron chi connectivity index (χ3n) is 3.94. The summed E-state index contributed by atoms with van der Waals surface area (Å²) >= 11 is 0. The molecule has 0 radical (unpaired) electrons. The summed E-state index contributed by atoms with van der Waals surface area (Å²) in [6, 6.07) is -0.0229. The molecule has 0 saturated carbocycles. The van der Waals surface area contributed by atoms with E-state index in [0.29, 0.717) is 12.3 Å². The molecule has 4 nitrogen and oxygen atoms in total. The van der Waals surface area contributed by atoms with Gasteiger partial charge in [0, 0.05) is 37.6 Å². The van der Waals surface area contributed by atoms with Crippen LogP contribution in [0.15, 0.2) is 0 Å². The summed E-state index contributed by atoms with van der Waals surface area (Å²) in [5, 5.41) is 0. The summed E-state index contributed by atoms with van der Waals surface area (Å²) in [6.07, 6.45) is 0.470. The highest BCUT2D eigenvalue weighted by Crippen LogP contribution is 2.19. The summed E-state index contributed by atoms with van der Waals surface area (Å²) in [7, 11) is 2.11. The molecule has 1 unspecified atom stereocenters. The van der Waals surface area contributed by atoms with Crippen molar-refractivity contribution in [1.82, 2.24) is 9.80 Å². The molecule has 0 aliphatic carbocycles. The average molecular weight is 241 g/mol. The van der Waals surface area contributed by atoms with Crippen molar-refractivity contribution in [2.24, 2.45) is 11.7 Å². The number of piperazine rings is 1. The lowest BCUT2D eigenvalue weighted by Gasteiger charge is -2.45. The summed E-state index contributed by atoms with van der Waals surface area (Å²) in [4.78, 5) is 16.4. The quantitative estimate of drug-likeness (QED) is 0.799. The molecule has 0 aromatic carbocycles. The molecule has 1 atom stereocenters. The van der Waals surface area contributed by atoms with Crippen LogP contribution in [0.2, 0.25) is 0 Å². The van der Waals surface area contributed by atoms with Crippen molar-refractivity contribution in [3.8, 4) is 0 Å². The third kappa shape index (κ3) is 3.68. The maximum Gasteiger partial charge on any atom is 0.224 e. The van der Waals surface area contributed by atoms with Crippen LogP contribution in [0.3, 0.4) is 0 Å². The molecule has 1 aliphatic heterocycles. The molecular weight excluding hydrogens is 214 g/mol. The molecule has 1 amide bonds. The normalized spacial score (nSPS) is 22.9. The molecule has 100 valence electrons. The second-order valence-electron chi connectivity index (χ2n) is 6.16. The van der Waals surface area contributed by atoms with Crippen LogP contribution in [0.5, 0.6) is 0 Å². The van der Waals surface area contributed by atoms with Crippen LogP contribution < -0.4 is 5.73 Å². The van der Waals surface area contributed by atoms with E-state index < -0.39 is 0 Å². The maximum atomic E-state index is 12.1. The smallest absolute Gasteiger partial charge is 0.224 e. The zero-order valence-electron chi connectivity index (χ0n) is 11.9. The zero-order valence-corrected chi connectivity index (χ0v) is 11.9. The molecule has 4 heteroatoms. The first-order valence-electron chi connectivity index (χ1n) is 6.48. The van der Waals surface area contributed by atoms with Crippen molar-refractivity contribution in [2.45, 2.75) is 45.7 Å². The van der Waals surface area contributed by atoms with E-state index in [1.807, 2.05) is 4.90 Å². The Morgan fingerprint density at radius 3 is 2.41 bits per heavy atom. The Hall–Kier alpha value is -0.610. The minimum Gasteiger partial charge on any atom is -0.340 e. The lowest BCUT2D eigenvalue weighted by Crippen LogP contribution is -2.59. The van der Waals surface area contributed by atoms with Crippen molar-refractivity contribution in [3.63, 3.8) is 0 Å². The van der Waals surface area contributed by atoms with E-state index in [1.54, 1.807) is 0 Å². The van der Waals surface area contributed by atoms with Gasteiger partial charge in [0.25, 0.3) is 0 Å². The van der Waals surface area contributed by atoms with Crippen LogP contribution in [-0.2, 0) is 4.79 Å². The fourth-order valence-electron chi connectivity index (χ4n) is 2.02. The van der Waals surface area contributed by atoms with Crippen molar-refractivity contribution >= 4 is 5.91 Å². The largest absolute Gasteiger partial charge is 0.340 e. The van der Waals surface area contributed by atoms with Gasteiger partial charge in [-0.25, -0.2) is 0 Å². The van der Waals surface area contributed by atoms with Gasteiger partial charge in [0.1, 0.15) is 0 Å². The van der Waals surface area contributed by atoms with Gasteiger partial charge in [-0.05, 0) is 26.8 Å². The lowest BCUT2D eigenvalue weighted by atomic mass is 9.97. The fourth-order valence-corrected chi connectivity index (χ4v) is 2.02. The Morgan fingerprint density at radius 2 is 1.94 bits per heavy atom. The first-order valence-corrected chi connectivity index (χ1v) is 6.48. The molecule has 1 aliphatic rings. The van der Waals surface area contributed by atoms with Crippen molar-refractivity contribution in [1.29, 1.82) is 0 Å². The van der Waals surface area contributed by atoms with Crippen LogP contribution in [0, 0.1) is 5.92 Å². The third-order valence-corrected chi connectivity index (χ3v) is 3.94. The molecule has 0 aromatic rings. The van der Waals surface area contributed by atoms with E-state index in [-0.39, 0.29) is 17.5 Å². The van der Waals surface area contributed by atoms with E-state index in [2.05, 4.69) is 39.6 Å². The highest BCUT2D eigenvalue weighted by atomic mass is 16.2. The van der Waals surface area contributed by atoms with Gasteiger partial charge in [0.05, 0.1) is 0 Å². The van der Waals surface area contributed by atoms with Gasteiger partial charge in [0.15, 0.2) is 0 Å². The second-order valence-corrected chi connectivity index (χ2v) is 6.16. The zero-order chi connectivity index (χ0) is 13.2. The predicted octanol–water partition coefficient (Wildman–Crippen LogP) is 0.912. The van der Waals surface area contributed by atoms with E-state index in [9.17, 15) is 4.79 Å². The number of carbonyl (C=O) groups excluding carboxylic acids is 1. The molecule has 2 N–H and O–H groups in total. The van der Waals surface area contributed by atoms with Crippen LogP contribution in [0.1, 0.15) is 34.1 Å². The number of nitrogens with zero attached hydrogens (tertiary/aromatic N) is 2. The molecule has 0 aromatic heterocycles. The minimum absolute atomic E-state index is 0.0229. The minimum atomic E-state index is -0.0229. The monoisotopic (exact) mass is 241 g/mol. The predicted molar refractivity (Wildman–Crippen MR) is 70.7 cm³/mol. The van der Waals surface area contributed by atoms with Gasteiger partial charge in [-0.1, -0.05) is 13.8 Å². The van der Waals surface area contributed by atoms with Crippen LogP contribution in [-0.4, -0.2) is 54.0 Å². The number of carbonyl (C=O) groups is 1. The second kappa shape index (κ2) is 5.36. The summed E-state index contributed by atoms with van der Waals surface area (Å²) in [5.41, 5.74) is 6.03. The van der Waals surface area contributed by atoms with Crippen molar-refractivity contribution < 1.29 is 4.79 Å². The Kier molecular flexibility index (Phi) is 4.55. The average Bonchev–Trinajstić information content (AvgIpc) is 2.21. The van der Waals surface area contributed by atoms with Crippen LogP contribution in [0.4, 0.5) is 0 Å². The molecule has 1 fully saturated rings. The van der Waals surface area contributed by atoms with Crippen molar-refractivity contribution in [2.75, 3.05) is 26.7 Å². The van der Waals surface area contributed by atoms with Gasteiger partial charge in [-0.2, -0.15) is 0 Å². The Balaban J connectivity index is 2.54. The first kappa shape index (κ1) is 14.5. The standard InChI is InChI=1S/C13H27N3O/c1-10(2)11(14)8-12(17)16-7-6-15(5)13(3,4)9-16/h10-11H,6-9,14H2,1-5H3. The van der Waals surface area contributed by atoms with Gasteiger partial charge in [0.2, 0.25) is 5.91 Å². The van der Waals surface area contributed by atoms with Crippen LogP contribution >= 0.6 is 0 Å². The van der Waals surface area contributed by atoms with E-state index >= 15 is 0 Å². The SMILES string of the molecule is CC(C)C(N)CC(=O)N1CCN(C)C(C)(C)C1. The molecule has 1 saturated heterocycles. The van der Waals surface area contributed by atoms with E-state index in [0.717, 1.165) is 19.6 Å². The number of likely N-dealkylation sites (N-methyl/N-ethyl adjacent to an activating group) is 1. The molecule has 0 spiro atoms.